The van der Waals surface area contributed by atoms with Crippen molar-refractivity contribution in [2.24, 2.45) is 46.3 Å². The number of likely N-dealkylation sites (tertiary alicyclic amines) is 1. The van der Waals surface area contributed by atoms with E-state index in [0.717, 1.165) is 87.4 Å². The molecule has 8 heteroatoms. The van der Waals surface area contributed by atoms with Crippen LogP contribution in [0, 0.1) is 46.3 Å². The molecule has 1 heterocycles. The second-order valence-electron chi connectivity index (χ2n) is 23.2. The van der Waals surface area contributed by atoms with E-state index in [1.807, 2.05) is 0 Å². The lowest BCUT2D eigenvalue weighted by atomic mass is 9.47. The van der Waals surface area contributed by atoms with Crippen LogP contribution in [0.15, 0.2) is 23.8 Å². The molecule has 4 fully saturated rings. The number of unbranched alkanes of at least 4 members (excludes halogenated alkanes) is 12. The Labute approximate surface area is 411 Å². The molecule has 9 atom stereocenters. The van der Waals surface area contributed by atoms with Gasteiger partial charge in [-0.2, -0.15) is 0 Å². The van der Waals surface area contributed by atoms with E-state index in [0.29, 0.717) is 18.6 Å². The van der Waals surface area contributed by atoms with Gasteiger partial charge in [-0.1, -0.05) is 149 Å². The van der Waals surface area contributed by atoms with Gasteiger partial charge in [-0.25, -0.2) is 9.59 Å². The van der Waals surface area contributed by atoms with Crippen molar-refractivity contribution in [3.8, 4) is 0 Å². The van der Waals surface area contributed by atoms with Crippen molar-refractivity contribution in [2.75, 3.05) is 59.3 Å². The Bertz CT molecular complexity index is 1440. The van der Waals surface area contributed by atoms with Gasteiger partial charge in [0.15, 0.2) is 0 Å². The first-order valence-electron chi connectivity index (χ1n) is 28.7. The Balaban J connectivity index is 0.905. The van der Waals surface area contributed by atoms with Crippen LogP contribution in [0.25, 0.3) is 0 Å². The topological polar surface area (TPSA) is 83.5 Å². The van der Waals surface area contributed by atoms with E-state index >= 15 is 0 Å². The fourth-order valence-electron chi connectivity index (χ4n) is 13.9. The molecule has 0 N–H and O–H groups in total. The number of hydrogen-bond donors (Lipinski definition) is 0. The largest absolute Gasteiger partial charge is 0.462 e. The standard InChI is InChI=1S/C59H103NO7/c1-7-8-9-10-11-12-13-14-15-16-17-18-19-20-21-25-39-63-44-51(43-60-37-23-22-24-38-60)65-40-41-66-56(61)45-64-46-57(62)67-50-33-35-58(5)49(42-50)29-30-52-54-32-31-53(48(4)28-26-27-47(2)3)59(54,6)36-34-55(52)58/h14-15,29,47-48,50-55H,7-13,16-28,30-46H2,1-6H3/t48-,50-,51?,52-,53?,54-,55-,58-,59+/m0/s1. The number of esters is 2. The van der Waals surface area contributed by atoms with Gasteiger partial charge in [0, 0.05) is 19.6 Å². The SMILES string of the molecule is CCCCCCCCC=CCCCCCCCCOCC(CN1CCCCC1)OCCOC(=O)COCC(=O)O[C@H]1CC[C@@]2(C)C(=CC[C@@H]3[C@@H]2CC[C@]2(C)C([C@@H](C)CCCC(C)C)CC[C@@H]32)C1. The molecule has 0 aromatic rings. The summed E-state index contributed by atoms with van der Waals surface area (Å²) in [5.41, 5.74) is 2.22. The number of carbonyl (C=O) groups is 2. The van der Waals surface area contributed by atoms with Crippen LogP contribution >= 0.6 is 0 Å². The minimum atomic E-state index is -0.492. The highest BCUT2D eigenvalue weighted by Crippen LogP contribution is 2.67. The van der Waals surface area contributed by atoms with Crippen molar-refractivity contribution < 1.29 is 33.3 Å². The third-order valence-corrected chi connectivity index (χ3v) is 17.7. The Hall–Kier alpha value is -1.74. The molecule has 67 heavy (non-hydrogen) atoms. The fraction of sp³-hybridized carbons (Fsp3) is 0.898. The molecule has 8 nitrogen and oxygen atoms in total. The van der Waals surface area contributed by atoms with Crippen LogP contribution in [0.1, 0.15) is 221 Å². The molecule has 1 aliphatic heterocycles. The van der Waals surface area contributed by atoms with Crippen LogP contribution in [-0.2, 0) is 33.3 Å². The molecule has 0 bridgehead atoms. The normalized spacial score (nSPS) is 28.5. The van der Waals surface area contributed by atoms with Gasteiger partial charge >= 0.3 is 11.9 Å². The highest BCUT2D eigenvalue weighted by molar-refractivity contribution is 5.73. The molecule has 0 spiro atoms. The zero-order valence-electron chi connectivity index (χ0n) is 44.3. The van der Waals surface area contributed by atoms with Crippen molar-refractivity contribution in [2.45, 2.75) is 234 Å². The second-order valence-corrected chi connectivity index (χ2v) is 23.2. The molecule has 1 saturated heterocycles. The van der Waals surface area contributed by atoms with E-state index in [9.17, 15) is 9.59 Å². The average molecular weight is 938 g/mol. The minimum absolute atomic E-state index is 0.0584. The lowest BCUT2D eigenvalue weighted by Gasteiger charge is -2.58. The number of rotatable bonds is 34. The third kappa shape index (κ3) is 18.8. The van der Waals surface area contributed by atoms with Gasteiger partial charge in [0.1, 0.15) is 25.9 Å². The van der Waals surface area contributed by atoms with Crippen LogP contribution in [0.4, 0.5) is 0 Å². The summed E-state index contributed by atoms with van der Waals surface area (Å²) in [6.07, 6.45) is 42.8. The maximum Gasteiger partial charge on any atom is 0.332 e. The Morgan fingerprint density at radius 1 is 0.731 bits per heavy atom. The summed E-state index contributed by atoms with van der Waals surface area (Å²) in [5, 5.41) is 0. The molecule has 2 unspecified atom stereocenters. The summed E-state index contributed by atoms with van der Waals surface area (Å²) < 4.78 is 29.2. The third-order valence-electron chi connectivity index (χ3n) is 17.7. The molecular formula is C59H103NO7. The van der Waals surface area contributed by atoms with E-state index in [-0.39, 0.29) is 37.4 Å². The van der Waals surface area contributed by atoms with Crippen molar-refractivity contribution in [3.05, 3.63) is 23.8 Å². The Morgan fingerprint density at radius 3 is 2.16 bits per heavy atom. The number of fused-ring (bicyclic) bond motifs is 5. The van der Waals surface area contributed by atoms with Crippen LogP contribution in [0.3, 0.4) is 0 Å². The number of nitrogens with zero attached hydrogens (tertiary/aromatic N) is 1. The van der Waals surface area contributed by atoms with Gasteiger partial charge in [-0.05, 0) is 149 Å². The summed E-state index contributed by atoms with van der Waals surface area (Å²) >= 11 is 0. The van der Waals surface area contributed by atoms with Crippen molar-refractivity contribution in [3.63, 3.8) is 0 Å². The molecule has 5 rings (SSSR count). The van der Waals surface area contributed by atoms with Crippen LogP contribution in [0.5, 0.6) is 0 Å². The summed E-state index contributed by atoms with van der Waals surface area (Å²) in [4.78, 5) is 27.9. The Morgan fingerprint density at radius 2 is 1.43 bits per heavy atom. The van der Waals surface area contributed by atoms with Gasteiger partial charge in [-0.3, -0.25) is 0 Å². The number of piperidine rings is 1. The van der Waals surface area contributed by atoms with Crippen LogP contribution < -0.4 is 0 Å². The van der Waals surface area contributed by atoms with Crippen molar-refractivity contribution in [1.29, 1.82) is 0 Å². The van der Waals surface area contributed by atoms with E-state index in [1.165, 1.54) is 160 Å². The first kappa shape index (κ1) is 56.2. The molecule has 4 aliphatic carbocycles. The van der Waals surface area contributed by atoms with Crippen molar-refractivity contribution >= 4 is 11.9 Å². The molecule has 3 saturated carbocycles. The van der Waals surface area contributed by atoms with Gasteiger partial charge in [0.25, 0.3) is 0 Å². The van der Waals surface area contributed by atoms with E-state index in [4.69, 9.17) is 23.7 Å². The Kier molecular flexibility index (Phi) is 25.9. The molecule has 0 aromatic heterocycles. The summed E-state index contributed by atoms with van der Waals surface area (Å²) in [5.74, 6) is 3.98. The maximum atomic E-state index is 12.9. The van der Waals surface area contributed by atoms with Gasteiger partial charge in [0.2, 0.25) is 0 Å². The van der Waals surface area contributed by atoms with E-state index in [2.05, 4.69) is 64.7 Å². The average Bonchev–Trinajstić information content (AvgIpc) is 3.67. The highest BCUT2D eigenvalue weighted by atomic mass is 16.6. The lowest BCUT2D eigenvalue weighted by Crippen LogP contribution is -2.51. The molecule has 0 radical (unpaired) electrons. The number of carbonyl (C=O) groups excluding carboxylic acids is 2. The van der Waals surface area contributed by atoms with Gasteiger partial charge in [0.05, 0.1) is 19.3 Å². The first-order valence-corrected chi connectivity index (χ1v) is 28.7. The zero-order valence-corrected chi connectivity index (χ0v) is 44.3. The van der Waals surface area contributed by atoms with E-state index in [1.54, 1.807) is 0 Å². The highest BCUT2D eigenvalue weighted by Gasteiger charge is 2.59. The maximum absolute atomic E-state index is 12.9. The minimum Gasteiger partial charge on any atom is -0.462 e. The van der Waals surface area contributed by atoms with E-state index < -0.39 is 11.9 Å². The number of hydrogen-bond acceptors (Lipinski definition) is 8. The molecule has 0 aromatic carbocycles. The van der Waals surface area contributed by atoms with Gasteiger partial charge < -0.3 is 28.6 Å². The number of allylic oxidation sites excluding steroid dienone is 3. The zero-order chi connectivity index (χ0) is 47.7. The van der Waals surface area contributed by atoms with Gasteiger partial charge in [-0.15, -0.1) is 0 Å². The summed E-state index contributed by atoms with van der Waals surface area (Å²) in [6.45, 7) is 19.0. The van der Waals surface area contributed by atoms with Crippen LogP contribution in [0.2, 0.25) is 0 Å². The summed E-state index contributed by atoms with van der Waals surface area (Å²) in [6, 6.07) is 0. The first-order chi connectivity index (χ1) is 32.5. The lowest BCUT2D eigenvalue weighted by molar-refractivity contribution is -0.161. The predicted molar refractivity (Wildman–Crippen MR) is 275 cm³/mol. The monoisotopic (exact) mass is 938 g/mol. The predicted octanol–water partition coefficient (Wildman–Crippen LogP) is 14.4. The quantitative estimate of drug-likeness (QED) is 0.0358. The number of ether oxygens (including phenoxy) is 5. The molecule has 386 valence electrons. The smallest absolute Gasteiger partial charge is 0.332 e. The molecule has 0 amide bonds. The fourth-order valence-corrected chi connectivity index (χ4v) is 13.9. The molecule has 5 aliphatic rings. The van der Waals surface area contributed by atoms with Crippen molar-refractivity contribution in [1.82, 2.24) is 4.90 Å². The second kappa shape index (κ2) is 30.9. The summed E-state index contributed by atoms with van der Waals surface area (Å²) in [7, 11) is 0. The molecular weight excluding hydrogens is 835 g/mol. The van der Waals surface area contributed by atoms with Crippen LogP contribution in [-0.4, -0.2) is 88.3 Å².